The van der Waals surface area contributed by atoms with Crippen LogP contribution in [0.3, 0.4) is 0 Å². The first-order valence-electron chi connectivity index (χ1n) is 9.93. The molecule has 1 aliphatic rings. The molecule has 0 radical (unpaired) electrons. The summed E-state index contributed by atoms with van der Waals surface area (Å²) in [5.41, 5.74) is 0.347. The van der Waals surface area contributed by atoms with E-state index in [4.69, 9.17) is 4.42 Å². The van der Waals surface area contributed by atoms with Crippen molar-refractivity contribution in [2.24, 2.45) is 0 Å². The molecule has 1 aromatic carbocycles. The molecule has 0 aliphatic carbocycles. The Labute approximate surface area is 177 Å². The van der Waals surface area contributed by atoms with Gasteiger partial charge in [-0.25, -0.2) is 0 Å². The van der Waals surface area contributed by atoms with E-state index in [0.717, 1.165) is 36.6 Å². The van der Waals surface area contributed by atoms with Crippen LogP contribution in [0.1, 0.15) is 28.2 Å². The monoisotopic (exact) mass is 430 g/mol. The lowest BCUT2D eigenvalue weighted by Crippen LogP contribution is -2.35. The van der Waals surface area contributed by atoms with Gasteiger partial charge in [0.05, 0.1) is 11.3 Å². The highest BCUT2D eigenvalue weighted by molar-refractivity contribution is 5.92. The van der Waals surface area contributed by atoms with E-state index in [2.05, 4.69) is 15.1 Å². The summed E-state index contributed by atoms with van der Waals surface area (Å²) in [6, 6.07) is 11.7. The average Bonchev–Trinajstić information content (AvgIpc) is 3.12. The lowest BCUT2D eigenvalue weighted by Gasteiger charge is -2.22. The Bertz CT molecular complexity index is 1060. The zero-order chi connectivity index (χ0) is 22.0. The fourth-order valence-electron chi connectivity index (χ4n) is 3.52. The van der Waals surface area contributed by atoms with Crippen LogP contribution in [0.25, 0.3) is 11.3 Å². The molecule has 1 fully saturated rings. The molecular weight excluding hydrogens is 409 g/mol. The fourth-order valence-corrected chi connectivity index (χ4v) is 3.52. The van der Waals surface area contributed by atoms with Gasteiger partial charge < -0.3 is 14.2 Å². The summed E-state index contributed by atoms with van der Waals surface area (Å²) in [6.45, 7) is 4.25. The van der Waals surface area contributed by atoms with Gasteiger partial charge in [-0.15, -0.1) is 5.10 Å². The van der Waals surface area contributed by atoms with Gasteiger partial charge in [-0.3, -0.25) is 4.79 Å². The Morgan fingerprint density at radius 3 is 2.58 bits per heavy atom. The Kier molecular flexibility index (Phi) is 5.67. The van der Waals surface area contributed by atoms with E-state index in [-0.39, 0.29) is 23.0 Å². The number of aryl methyl sites for hydroxylation is 1. The number of furan rings is 1. The Morgan fingerprint density at radius 2 is 1.84 bits per heavy atom. The Hall–Kier alpha value is -3.36. The molecule has 162 valence electrons. The number of rotatable bonds is 3. The number of halogens is 3. The molecule has 0 unspecified atom stereocenters. The van der Waals surface area contributed by atoms with Crippen LogP contribution in [-0.4, -0.2) is 47.2 Å². The van der Waals surface area contributed by atoms with Crippen LogP contribution >= 0.6 is 0 Å². The van der Waals surface area contributed by atoms with Crippen LogP contribution in [0.15, 0.2) is 52.9 Å². The van der Waals surface area contributed by atoms with E-state index in [9.17, 15) is 18.0 Å². The van der Waals surface area contributed by atoms with E-state index in [1.54, 1.807) is 4.90 Å². The van der Waals surface area contributed by atoms with Crippen LogP contribution < -0.4 is 4.90 Å². The zero-order valence-electron chi connectivity index (χ0n) is 16.9. The molecule has 6 nitrogen and oxygen atoms in total. The van der Waals surface area contributed by atoms with E-state index in [1.807, 2.05) is 19.1 Å². The first kappa shape index (κ1) is 20.9. The first-order chi connectivity index (χ1) is 14.8. The van der Waals surface area contributed by atoms with Gasteiger partial charge in [0.25, 0.3) is 5.91 Å². The maximum Gasteiger partial charge on any atom is 0.416 e. The number of carbonyl (C=O) groups excluding carboxylic acids is 1. The Morgan fingerprint density at radius 1 is 1.00 bits per heavy atom. The molecule has 3 aromatic rings. The SMILES string of the molecule is Cc1ccc(N2CCCN(C(=O)c3ccc(-c4cccc(C(F)(F)F)c4)o3)CC2)nn1. The van der Waals surface area contributed by atoms with Crippen molar-refractivity contribution in [3.63, 3.8) is 0 Å². The first-order valence-corrected chi connectivity index (χ1v) is 9.93. The van der Waals surface area contributed by atoms with Crippen molar-refractivity contribution < 1.29 is 22.4 Å². The minimum atomic E-state index is -4.44. The highest BCUT2D eigenvalue weighted by atomic mass is 19.4. The molecule has 4 rings (SSSR count). The highest BCUT2D eigenvalue weighted by Gasteiger charge is 2.31. The number of aromatic nitrogens is 2. The number of benzene rings is 1. The summed E-state index contributed by atoms with van der Waals surface area (Å²) < 4.78 is 44.5. The number of nitrogens with zero attached hydrogens (tertiary/aromatic N) is 4. The third kappa shape index (κ3) is 4.70. The standard InChI is InChI=1S/C22H21F3N4O2/c1-15-6-9-20(27-26-15)28-10-3-11-29(13-12-28)21(30)19-8-7-18(31-19)16-4-2-5-17(14-16)22(23,24)25/h2,4-9,14H,3,10-13H2,1H3. The summed E-state index contributed by atoms with van der Waals surface area (Å²) in [5.74, 6) is 0.816. The molecular formula is C22H21F3N4O2. The molecule has 0 N–H and O–H groups in total. The van der Waals surface area contributed by atoms with Crippen molar-refractivity contribution in [1.29, 1.82) is 0 Å². The second-order valence-electron chi connectivity index (χ2n) is 7.41. The lowest BCUT2D eigenvalue weighted by molar-refractivity contribution is -0.137. The number of amides is 1. The summed E-state index contributed by atoms with van der Waals surface area (Å²) in [4.78, 5) is 16.7. The number of carbonyl (C=O) groups is 1. The van der Waals surface area contributed by atoms with Crippen LogP contribution in [0.2, 0.25) is 0 Å². The molecule has 31 heavy (non-hydrogen) atoms. The van der Waals surface area contributed by atoms with Crippen LogP contribution in [-0.2, 0) is 6.18 Å². The second-order valence-corrected chi connectivity index (χ2v) is 7.41. The van der Waals surface area contributed by atoms with Crippen molar-refractivity contribution in [3.05, 3.63) is 65.5 Å². The van der Waals surface area contributed by atoms with Gasteiger partial charge >= 0.3 is 6.18 Å². The predicted octanol–water partition coefficient (Wildman–Crippen LogP) is 4.42. The van der Waals surface area contributed by atoms with Crippen molar-refractivity contribution in [3.8, 4) is 11.3 Å². The molecule has 0 atom stereocenters. The molecule has 9 heteroatoms. The van der Waals surface area contributed by atoms with Crippen molar-refractivity contribution in [2.45, 2.75) is 19.5 Å². The smallest absolute Gasteiger partial charge is 0.416 e. The number of hydrogen-bond donors (Lipinski definition) is 0. The molecule has 0 spiro atoms. The predicted molar refractivity (Wildman–Crippen MR) is 109 cm³/mol. The minimum Gasteiger partial charge on any atom is -0.451 e. The largest absolute Gasteiger partial charge is 0.451 e. The number of hydrogen-bond acceptors (Lipinski definition) is 5. The molecule has 3 heterocycles. The van der Waals surface area contributed by atoms with E-state index >= 15 is 0 Å². The summed E-state index contributed by atoms with van der Waals surface area (Å²) in [7, 11) is 0. The normalized spacial score (nSPS) is 15.1. The summed E-state index contributed by atoms with van der Waals surface area (Å²) in [5, 5.41) is 8.29. The topological polar surface area (TPSA) is 62.5 Å². The van der Waals surface area contributed by atoms with Gasteiger partial charge in [-0.2, -0.15) is 18.3 Å². The van der Waals surface area contributed by atoms with Gasteiger partial charge in [0.15, 0.2) is 11.6 Å². The Balaban J connectivity index is 1.46. The fraction of sp³-hybridized carbons (Fsp3) is 0.318. The quantitative estimate of drug-likeness (QED) is 0.616. The lowest BCUT2D eigenvalue weighted by atomic mass is 10.1. The highest BCUT2D eigenvalue weighted by Crippen LogP contribution is 2.32. The maximum absolute atomic E-state index is 13.0. The maximum atomic E-state index is 13.0. The molecule has 1 amide bonds. The van der Waals surface area contributed by atoms with Gasteiger partial charge in [0, 0.05) is 31.7 Å². The van der Waals surface area contributed by atoms with Crippen LogP contribution in [0, 0.1) is 6.92 Å². The van der Waals surface area contributed by atoms with Gasteiger partial charge in [0.2, 0.25) is 0 Å². The van der Waals surface area contributed by atoms with Crippen LogP contribution in [0.4, 0.5) is 19.0 Å². The summed E-state index contributed by atoms with van der Waals surface area (Å²) in [6.07, 6.45) is -3.69. The molecule has 1 saturated heterocycles. The molecule has 2 aromatic heterocycles. The van der Waals surface area contributed by atoms with E-state index < -0.39 is 11.7 Å². The van der Waals surface area contributed by atoms with Gasteiger partial charge in [-0.1, -0.05) is 12.1 Å². The molecule has 0 saturated carbocycles. The summed E-state index contributed by atoms with van der Waals surface area (Å²) >= 11 is 0. The third-order valence-electron chi connectivity index (χ3n) is 5.18. The van der Waals surface area contributed by atoms with Crippen LogP contribution in [0.5, 0.6) is 0 Å². The second kappa shape index (κ2) is 8.41. The van der Waals surface area contributed by atoms with Gasteiger partial charge in [0.1, 0.15) is 5.76 Å². The van der Waals surface area contributed by atoms with E-state index in [0.29, 0.717) is 19.6 Å². The van der Waals surface area contributed by atoms with Crippen molar-refractivity contribution in [2.75, 3.05) is 31.1 Å². The van der Waals surface area contributed by atoms with E-state index in [1.165, 1.54) is 24.3 Å². The third-order valence-corrected chi connectivity index (χ3v) is 5.18. The minimum absolute atomic E-state index is 0.107. The van der Waals surface area contributed by atoms with Crippen molar-refractivity contribution in [1.82, 2.24) is 15.1 Å². The van der Waals surface area contributed by atoms with Crippen molar-refractivity contribution >= 4 is 11.7 Å². The number of anilines is 1. The molecule has 0 bridgehead atoms. The van der Waals surface area contributed by atoms with Gasteiger partial charge in [-0.05, 0) is 49.7 Å². The number of alkyl halides is 3. The zero-order valence-corrected chi connectivity index (χ0v) is 16.9. The molecule has 1 aliphatic heterocycles. The average molecular weight is 430 g/mol.